The highest BCUT2D eigenvalue weighted by atomic mass is 15.3. The first-order valence-electron chi connectivity index (χ1n) is 37.3. The lowest BCUT2D eigenvalue weighted by Crippen LogP contribution is -2.12. The lowest BCUT2D eigenvalue weighted by molar-refractivity contribution is 0.590. The van der Waals surface area contributed by atoms with Crippen LogP contribution < -0.4 is 0 Å². The Labute approximate surface area is 619 Å². The van der Waals surface area contributed by atoms with Crippen molar-refractivity contribution in [2.45, 2.75) is 209 Å². The molecule has 2 aliphatic rings. The van der Waals surface area contributed by atoms with E-state index in [4.69, 9.17) is 30.1 Å². The van der Waals surface area contributed by atoms with Crippen molar-refractivity contribution in [2.75, 3.05) is 0 Å². The Bertz CT molecular complexity index is 5310. The number of hydrogen-bond donors (Lipinski definition) is 2. The Morgan fingerprint density at radius 3 is 0.769 bits per heavy atom. The summed E-state index contributed by atoms with van der Waals surface area (Å²) in [5.74, 6) is 0.499. The van der Waals surface area contributed by atoms with E-state index in [1.165, 1.54) is 44.5 Å². The van der Waals surface area contributed by atoms with E-state index >= 15 is 0 Å². The highest BCUT2D eigenvalue weighted by molar-refractivity contribution is 6.22. The zero-order valence-electron chi connectivity index (χ0n) is 66.2. The predicted octanol–water partition coefficient (Wildman–Crippen LogP) is 25.4. The molecular weight excluding hydrogens is 1270 g/mol. The monoisotopic (exact) mass is 1370 g/mol. The van der Waals surface area contributed by atoms with Crippen LogP contribution in [-0.2, 0) is 43.3 Å². The molecule has 8 heteroatoms. The second-order valence-electron chi connectivity index (χ2n) is 37.3. The van der Waals surface area contributed by atoms with Gasteiger partial charge < -0.3 is 9.97 Å². The molecule has 8 aromatic carbocycles. The summed E-state index contributed by atoms with van der Waals surface area (Å²) in [6.07, 6.45) is 0. The molecular formula is C96H106N8. The van der Waals surface area contributed by atoms with Gasteiger partial charge in [0.1, 0.15) is 11.4 Å². The Morgan fingerprint density at radius 1 is 0.221 bits per heavy atom. The average molecular weight is 1370 g/mol. The summed E-state index contributed by atoms with van der Waals surface area (Å²) in [5, 5.41) is 10.1. The van der Waals surface area contributed by atoms with Gasteiger partial charge in [0.2, 0.25) is 0 Å². The van der Waals surface area contributed by atoms with Gasteiger partial charge in [0.15, 0.2) is 5.65 Å². The van der Waals surface area contributed by atoms with Crippen molar-refractivity contribution in [3.8, 4) is 55.6 Å². The summed E-state index contributed by atoms with van der Waals surface area (Å²) in [5.41, 5.74) is 28.3. The molecule has 0 spiro atoms. The zero-order chi connectivity index (χ0) is 74.8. The van der Waals surface area contributed by atoms with Gasteiger partial charge in [0.25, 0.3) is 11.7 Å². The van der Waals surface area contributed by atoms with E-state index in [2.05, 4.69) is 370 Å². The first-order valence-corrected chi connectivity index (χ1v) is 37.3. The van der Waals surface area contributed by atoms with Crippen molar-refractivity contribution >= 4 is 45.3 Å². The maximum absolute atomic E-state index is 6.44. The van der Waals surface area contributed by atoms with Crippen LogP contribution in [0.25, 0.3) is 89.2 Å². The summed E-state index contributed by atoms with van der Waals surface area (Å²) in [4.78, 5) is 31.3. The number of benzene rings is 8. The van der Waals surface area contributed by atoms with Crippen LogP contribution in [0.5, 0.6) is 0 Å². The van der Waals surface area contributed by atoms with Crippen molar-refractivity contribution in [1.82, 2.24) is 35.1 Å². The van der Waals surface area contributed by atoms with E-state index in [1.807, 2.05) is 0 Å². The van der Waals surface area contributed by atoms with Gasteiger partial charge in [-0.25, -0.2) is 15.0 Å². The molecule has 0 unspecified atom stereocenters. The zero-order valence-corrected chi connectivity index (χ0v) is 66.2. The molecule has 2 N–H and O–H groups in total. The number of aliphatic imine (C=N–C) groups is 1. The maximum atomic E-state index is 6.44. The van der Waals surface area contributed by atoms with Crippen LogP contribution in [0.1, 0.15) is 244 Å². The summed E-state index contributed by atoms with van der Waals surface area (Å²) in [7, 11) is 0. The van der Waals surface area contributed by atoms with Crippen LogP contribution in [0.15, 0.2) is 199 Å². The molecule has 0 saturated carbocycles. The van der Waals surface area contributed by atoms with Gasteiger partial charge in [-0.15, -0.1) is 10.2 Å². The molecule has 0 radical (unpaired) electrons. The van der Waals surface area contributed by atoms with E-state index in [1.54, 1.807) is 0 Å². The second-order valence-corrected chi connectivity index (χ2v) is 37.3. The van der Waals surface area contributed by atoms with Crippen LogP contribution in [0, 0.1) is 0 Å². The number of aromatic nitrogens is 7. The number of rotatable bonds is 8. The summed E-state index contributed by atoms with van der Waals surface area (Å²) < 4.78 is 0. The molecule has 0 fully saturated rings. The number of fused-ring (bicyclic) bond motifs is 8. The molecule has 0 atom stereocenters. The number of nitrogens with one attached hydrogen (secondary N) is 2. The molecule has 11 aromatic rings. The first kappa shape index (κ1) is 72.4. The Morgan fingerprint density at radius 2 is 0.471 bits per heavy atom. The van der Waals surface area contributed by atoms with Gasteiger partial charge >= 0.3 is 0 Å². The van der Waals surface area contributed by atoms with E-state index in [0.717, 1.165) is 106 Å². The fraction of sp³-hybridized carbons (Fsp3) is 0.333. The second kappa shape index (κ2) is 26.0. The van der Waals surface area contributed by atoms with E-state index in [0.29, 0.717) is 17.1 Å². The molecule has 8 bridgehead atoms. The number of H-pyrrole nitrogens is 2. The highest BCUT2D eigenvalue weighted by Crippen LogP contribution is 2.53. The van der Waals surface area contributed by atoms with Crippen LogP contribution in [0.2, 0.25) is 0 Å². The van der Waals surface area contributed by atoms with Crippen LogP contribution in [0.4, 0.5) is 5.95 Å². The summed E-state index contributed by atoms with van der Waals surface area (Å²) in [6, 6.07) is 73.4. The van der Waals surface area contributed by atoms with Crippen LogP contribution >= 0.6 is 0 Å². The van der Waals surface area contributed by atoms with Crippen molar-refractivity contribution in [2.24, 2.45) is 4.99 Å². The van der Waals surface area contributed by atoms with Crippen molar-refractivity contribution in [3.63, 3.8) is 0 Å². The number of nitrogens with zero attached hydrogens (tertiary/aromatic N) is 6. The standard InChI is InChI=1S/C96H106N8/c1-89(2,3)65-41-25-57(26-42-65)73-74(58-27-43-66(44-28-58)90(4,5)6)83-78(62-35-51-70(52-36-62)94(16,17)18)85-80(64-39-55-72(56-40-64)96(22,23)24)99-87(100-85)102-88-101-86(103-104-88)79(63-37-53-71(54-38-63)95(19,20)21)84-76(60-31-47-68(48-32-60)92(10,11)12)75(59-29-45-67(46-30-59)91(7,8)9)82(98-84)77(81(73)97-83)61-33-49-69(50-34-61)93(13,14)15/h25-56,97H,1-24H3,(H,99,100,101,102,103,104). The van der Waals surface area contributed by atoms with E-state index < -0.39 is 0 Å². The normalized spacial score (nSPS) is 13.6. The first-order chi connectivity index (χ1) is 48.6. The molecule has 2 aliphatic heterocycles. The molecule has 8 nitrogen and oxygen atoms in total. The molecule has 104 heavy (non-hydrogen) atoms. The van der Waals surface area contributed by atoms with Gasteiger partial charge in [-0.1, -0.05) is 360 Å². The largest absolute Gasteiger partial charge is 0.353 e. The minimum atomic E-state index is -0.154. The lowest BCUT2D eigenvalue weighted by Gasteiger charge is -2.21. The quantitative estimate of drug-likeness (QED) is 0.158. The molecule has 13 rings (SSSR count). The molecule has 5 heterocycles. The van der Waals surface area contributed by atoms with Crippen molar-refractivity contribution in [3.05, 3.63) is 272 Å². The lowest BCUT2D eigenvalue weighted by atomic mass is 9.82. The maximum Gasteiger partial charge on any atom is 0.254 e. The number of aromatic amines is 2. The fourth-order valence-electron chi connectivity index (χ4n) is 14.4. The molecule has 3 aromatic heterocycles. The van der Waals surface area contributed by atoms with Gasteiger partial charge in [-0.05, 0) is 127 Å². The third kappa shape index (κ3) is 14.3. The van der Waals surface area contributed by atoms with Gasteiger partial charge in [0, 0.05) is 39.0 Å². The average Bonchev–Trinajstić information content (AvgIpc) is 1.56. The van der Waals surface area contributed by atoms with E-state index in [-0.39, 0.29) is 55.0 Å². The Balaban J connectivity index is 1.38. The predicted molar refractivity (Wildman–Crippen MR) is 441 cm³/mol. The smallest absolute Gasteiger partial charge is 0.254 e. The van der Waals surface area contributed by atoms with E-state index in [9.17, 15) is 0 Å². The number of hydrogen-bond acceptors (Lipinski definition) is 6. The minimum absolute atomic E-state index is 0.102. The fourth-order valence-corrected chi connectivity index (χ4v) is 14.4. The SMILES string of the molecule is CC(C)(C)c1ccc(C2=Nc3nc2c(-c2ccc(C(C)(C)C)cc2)c2[nH]c(c(-c4ccc(C(C)(C)C)cc4)c4nc(c(-c5ccc(C(C)(C)C)cc5)c5nnc(n3)[nH]5)C(c3ccc(C(C)(C)C)cc3)=C4c3ccc(C(C)(C)C)cc3)c(-c3ccc(C(C)(C)C)cc3)c2-c2ccc(C(C)(C)C)cc2)cc1. The molecule has 530 valence electrons. The topological polar surface area (TPSA) is 108 Å². The van der Waals surface area contributed by atoms with Crippen molar-refractivity contribution in [1.29, 1.82) is 0 Å². The third-order valence-electron chi connectivity index (χ3n) is 21.0. The van der Waals surface area contributed by atoms with Gasteiger partial charge in [-0.3, -0.25) is 0 Å². The minimum Gasteiger partial charge on any atom is -0.353 e. The summed E-state index contributed by atoms with van der Waals surface area (Å²) in [6.45, 7) is 54.7. The third-order valence-corrected chi connectivity index (χ3v) is 21.0. The Hall–Kier alpha value is -9.92. The highest BCUT2D eigenvalue weighted by Gasteiger charge is 2.35. The van der Waals surface area contributed by atoms with Crippen molar-refractivity contribution < 1.29 is 0 Å². The van der Waals surface area contributed by atoms with Crippen LogP contribution in [0.3, 0.4) is 0 Å². The molecule has 0 saturated heterocycles. The van der Waals surface area contributed by atoms with Gasteiger partial charge in [-0.2, -0.15) is 4.98 Å². The van der Waals surface area contributed by atoms with Gasteiger partial charge in [0.05, 0.1) is 28.0 Å². The summed E-state index contributed by atoms with van der Waals surface area (Å²) >= 11 is 0. The molecule has 0 aliphatic carbocycles. The molecule has 0 amide bonds. The Kier molecular flexibility index (Phi) is 18.1. The van der Waals surface area contributed by atoms with Crippen LogP contribution in [-0.4, -0.2) is 40.8 Å².